The van der Waals surface area contributed by atoms with Gasteiger partial charge in [-0.3, -0.25) is 4.79 Å². The highest BCUT2D eigenvalue weighted by Crippen LogP contribution is 2.17. The van der Waals surface area contributed by atoms with Gasteiger partial charge in [-0.2, -0.15) is 4.31 Å². The molecule has 0 bridgehead atoms. The molecule has 0 aliphatic heterocycles. The highest BCUT2D eigenvalue weighted by molar-refractivity contribution is 7.88. The molecule has 0 fully saturated rings. The van der Waals surface area contributed by atoms with Crippen molar-refractivity contribution in [1.82, 2.24) is 4.31 Å². The Bertz CT molecular complexity index is 570. The molecule has 0 unspecified atom stereocenters. The first-order valence-corrected chi connectivity index (χ1v) is 7.79. The fraction of sp³-hybridized carbons (Fsp3) is 0.417. The third-order valence-electron chi connectivity index (χ3n) is 2.49. The Morgan fingerprint density at radius 1 is 1.30 bits per heavy atom. The quantitative estimate of drug-likeness (QED) is 0.867. The molecular weight excluding hydrogens is 290 g/mol. The molecule has 1 amide bonds. The number of sulfonamides is 1. The van der Waals surface area contributed by atoms with E-state index in [9.17, 15) is 22.0 Å². The van der Waals surface area contributed by atoms with E-state index in [2.05, 4.69) is 0 Å². The fourth-order valence-electron chi connectivity index (χ4n) is 1.57. The molecule has 0 saturated heterocycles. The Kier molecular flexibility index (Phi) is 5.58. The van der Waals surface area contributed by atoms with Crippen LogP contribution < -0.4 is 5.32 Å². The molecule has 0 atom stereocenters. The van der Waals surface area contributed by atoms with E-state index < -0.39 is 39.8 Å². The van der Waals surface area contributed by atoms with Crippen molar-refractivity contribution in [1.29, 1.82) is 0 Å². The maximum Gasteiger partial charge on any atom is 0.239 e. The van der Waals surface area contributed by atoms with Crippen LogP contribution in [-0.2, 0) is 14.8 Å². The number of hydrogen-bond donors (Lipinski definition) is 1. The van der Waals surface area contributed by atoms with Crippen molar-refractivity contribution in [3.63, 3.8) is 0 Å². The van der Waals surface area contributed by atoms with Gasteiger partial charge in [0.25, 0.3) is 0 Å². The topological polar surface area (TPSA) is 66.5 Å². The molecule has 0 aliphatic carbocycles. The van der Waals surface area contributed by atoms with Crippen LogP contribution in [0.2, 0.25) is 0 Å². The largest absolute Gasteiger partial charge is 0.320 e. The van der Waals surface area contributed by atoms with Gasteiger partial charge in [-0.25, -0.2) is 17.2 Å². The molecule has 112 valence electrons. The van der Waals surface area contributed by atoms with Crippen LogP contribution in [0, 0.1) is 11.6 Å². The fourth-order valence-corrected chi connectivity index (χ4v) is 2.43. The second kappa shape index (κ2) is 6.76. The zero-order chi connectivity index (χ0) is 15.3. The standard InChI is InChI=1S/C12H16F2N2O3S/c1-3-7-16(20(2,18)19)8-11(17)15-12-9(13)5-4-6-10(12)14/h4-6H,3,7-8H2,1-2H3,(H,15,17). The number of nitrogens with one attached hydrogen (secondary N) is 1. The SMILES string of the molecule is CCCN(CC(=O)Nc1c(F)cccc1F)S(C)(=O)=O. The number of hydrogen-bond acceptors (Lipinski definition) is 3. The summed E-state index contributed by atoms with van der Waals surface area (Å²) >= 11 is 0. The minimum atomic E-state index is -3.55. The number of amides is 1. The zero-order valence-electron chi connectivity index (χ0n) is 11.2. The Morgan fingerprint density at radius 3 is 2.30 bits per heavy atom. The van der Waals surface area contributed by atoms with Crippen LogP contribution in [0.3, 0.4) is 0 Å². The third-order valence-corrected chi connectivity index (χ3v) is 3.74. The van der Waals surface area contributed by atoms with E-state index in [1.807, 2.05) is 5.32 Å². The maximum absolute atomic E-state index is 13.3. The molecule has 0 spiro atoms. The number of carbonyl (C=O) groups excluding carboxylic acids is 1. The predicted molar refractivity (Wildman–Crippen MR) is 71.7 cm³/mol. The van der Waals surface area contributed by atoms with Gasteiger partial charge in [0.15, 0.2) is 0 Å². The van der Waals surface area contributed by atoms with Gasteiger partial charge >= 0.3 is 0 Å². The first-order valence-electron chi connectivity index (χ1n) is 5.94. The number of benzene rings is 1. The molecule has 1 rings (SSSR count). The second-order valence-electron chi connectivity index (χ2n) is 4.24. The monoisotopic (exact) mass is 306 g/mol. The van der Waals surface area contributed by atoms with Crippen LogP contribution in [0.4, 0.5) is 14.5 Å². The van der Waals surface area contributed by atoms with Crippen molar-refractivity contribution < 1.29 is 22.0 Å². The highest BCUT2D eigenvalue weighted by atomic mass is 32.2. The highest BCUT2D eigenvalue weighted by Gasteiger charge is 2.20. The Hall–Kier alpha value is -1.54. The minimum Gasteiger partial charge on any atom is -0.320 e. The van der Waals surface area contributed by atoms with E-state index in [0.29, 0.717) is 6.42 Å². The summed E-state index contributed by atoms with van der Waals surface area (Å²) in [5, 5.41) is 2.04. The van der Waals surface area contributed by atoms with E-state index in [1.165, 1.54) is 6.07 Å². The number of anilines is 1. The minimum absolute atomic E-state index is 0.159. The lowest BCUT2D eigenvalue weighted by atomic mass is 10.3. The summed E-state index contributed by atoms with van der Waals surface area (Å²) in [4.78, 5) is 11.7. The van der Waals surface area contributed by atoms with Crippen molar-refractivity contribution in [3.05, 3.63) is 29.8 Å². The van der Waals surface area contributed by atoms with Crippen LogP contribution in [0.25, 0.3) is 0 Å². The lowest BCUT2D eigenvalue weighted by Gasteiger charge is -2.18. The number of para-hydroxylation sites is 1. The van der Waals surface area contributed by atoms with E-state index in [0.717, 1.165) is 22.7 Å². The van der Waals surface area contributed by atoms with Gasteiger partial charge in [-0.15, -0.1) is 0 Å². The Balaban J connectivity index is 2.81. The molecule has 20 heavy (non-hydrogen) atoms. The van der Waals surface area contributed by atoms with E-state index in [4.69, 9.17) is 0 Å². The van der Waals surface area contributed by atoms with Crippen LogP contribution in [0.5, 0.6) is 0 Å². The van der Waals surface area contributed by atoms with Gasteiger partial charge in [-0.05, 0) is 18.6 Å². The maximum atomic E-state index is 13.3. The summed E-state index contributed by atoms with van der Waals surface area (Å²) in [6.45, 7) is 1.43. The zero-order valence-corrected chi connectivity index (χ0v) is 12.0. The summed E-state index contributed by atoms with van der Waals surface area (Å²) in [7, 11) is -3.55. The Morgan fingerprint density at radius 2 is 1.85 bits per heavy atom. The van der Waals surface area contributed by atoms with Crippen LogP contribution in [0.1, 0.15) is 13.3 Å². The van der Waals surface area contributed by atoms with Crippen LogP contribution in [-0.4, -0.2) is 38.0 Å². The number of rotatable bonds is 6. The summed E-state index contributed by atoms with van der Waals surface area (Å²) < 4.78 is 50.5. The average molecular weight is 306 g/mol. The first-order chi connectivity index (χ1) is 9.25. The molecule has 0 aliphatic rings. The number of carbonyl (C=O) groups is 1. The van der Waals surface area contributed by atoms with Crippen LogP contribution >= 0.6 is 0 Å². The van der Waals surface area contributed by atoms with E-state index >= 15 is 0 Å². The van der Waals surface area contributed by atoms with Crippen LogP contribution in [0.15, 0.2) is 18.2 Å². The second-order valence-corrected chi connectivity index (χ2v) is 6.22. The molecular formula is C12H16F2N2O3S. The summed E-state index contributed by atoms with van der Waals surface area (Å²) in [6.07, 6.45) is 1.49. The first kappa shape index (κ1) is 16.5. The molecule has 0 radical (unpaired) electrons. The normalized spacial score (nSPS) is 11.7. The average Bonchev–Trinajstić information content (AvgIpc) is 2.32. The van der Waals surface area contributed by atoms with Crippen molar-refractivity contribution in [3.8, 4) is 0 Å². The summed E-state index contributed by atoms with van der Waals surface area (Å²) in [6, 6.07) is 3.17. The molecule has 1 aromatic carbocycles. The molecule has 0 aromatic heterocycles. The van der Waals surface area contributed by atoms with Gasteiger partial charge in [0.2, 0.25) is 15.9 Å². The predicted octanol–water partition coefficient (Wildman–Crippen LogP) is 1.57. The lowest BCUT2D eigenvalue weighted by molar-refractivity contribution is -0.116. The molecule has 1 N–H and O–H groups in total. The molecule has 8 heteroatoms. The van der Waals surface area contributed by atoms with Gasteiger partial charge in [0.05, 0.1) is 12.8 Å². The van der Waals surface area contributed by atoms with Crippen molar-refractivity contribution in [2.24, 2.45) is 0 Å². The van der Waals surface area contributed by atoms with Crippen molar-refractivity contribution in [2.75, 3.05) is 24.7 Å². The Labute approximate surface area is 116 Å². The molecule has 5 nitrogen and oxygen atoms in total. The number of halogens is 2. The molecule has 0 heterocycles. The van der Waals surface area contributed by atoms with E-state index in [-0.39, 0.29) is 6.54 Å². The smallest absolute Gasteiger partial charge is 0.239 e. The molecule has 0 saturated carbocycles. The summed E-state index contributed by atoms with van der Waals surface area (Å²) in [5.41, 5.74) is -0.581. The lowest BCUT2D eigenvalue weighted by Crippen LogP contribution is -2.38. The number of nitrogens with zero attached hydrogens (tertiary/aromatic N) is 1. The molecule has 1 aromatic rings. The van der Waals surface area contributed by atoms with Crippen molar-refractivity contribution in [2.45, 2.75) is 13.3 Å². The third kappa shape index (κ3) is 4.53. The van der Waals surface area contributed by atoms with E-state index in [1.54, 1.807) is 6.92 Å². The van der Waals surface area contributed by atoms with Gasteiger partial charge in [-0.1, -0.05) is 13.0 Å². The van der Waals surface area contributed by atoms with Crippen molar-refractivity contribution >= 4 is 21.6 Å². The van der Waals surface area contributed by atoms with Gasteiger partial charge in [0, 0.05) is 6.54 Å². The van der Waals surface area contributed by atoms with Gasteiger partial charge in [0.1, 0.15) is 17.3 Å². The van der Waals surface area contributed by atoms with Gasteiger partial charge < -0.3 is 5.32 Å². The summed E-state index contributed by atoms with van der Waals surface area (Å²) in [5.74, 6) is -2.63.